The summed E-state index contributed by atoms with van der Waals surface area (Å²) >= 11 is 0. The number of halogens is 3. The fraction of sp³-hybridized carbons (Fsp3) is 0.174. The van der Waals surface area contributed by atoms with Gasteiger partial charge in [0.15, 0.2) is 0 Å². The Morgan fingerprint density at radius 3 is 2.54 bits per heavy atom. The van der Waals surface area contributed by atoms with Crippen LogP contribution in [0.15, 0.2) is 48.7 Å². The number of carbonyl (C=O) groups excluding carboxylic acids is 3. The molecule has 3 N–H and O–H groups in total. The molecule has 9 nitrogen and oxygen atoms in total. The topological polar surface area (TPSA) is 116 Å². The number of fused-ring (bicyclic) bond motifs is 1. The number of ketones is 1. The van der Waals surface area contributed by atoms with Crippen molar-refractivity contribution in [3.8, 4) is 0 Å². The Balaban J connectivity index is 1.68. The number of rotatable bonds is 6. The van der Waals surface area contributed by atoms with E-state index in [0.717, 1.165) is 10.5 Å². The Kier molecular flexibility index (Phi) is 6.12. The van der Waals surface area contributed by atoms with Gasteiger partial charge in [0.1, 0.15) is 11.4 Å². The highest BCUT2D eigenvalue weighted by atomic mass is 19.4. The van der Waals surface area contributed by atoms with Crippen LogP contribution in [0.4, 0.5) is 42.0 Å². The summed E-state index contributed by atoms with van der Waals surface area (Å²) in [6, 6.07) is 10.7. The number of amides is 2. The molecule has 0 fully saturated rings. The maximum Gasteiger partial charge on any atom is 0.421 e. The minimum atomic E-state index is -4.79. The molecule has 0 unspecified atom stereocenters. The first-order valence-corrected chi connectivity index (χ1v) is 10.3. The van der Waals surface area contributed by atoms with Crippen LogP contribution in [0, 0.1) is 0 Å². The third-order valence-corrected chi connectivity index (χ3v) is 5.11. The van der Waals surface area contributed by atoms with E-state index in [1.165, 1.54) is 38.4 Å². The normalized spacial score (nSPS) is 12.5. The summed E-state index contributed by atoms with van der Waals surface area (Å²) in [5.41, 5.74) is 0.562. The summed E-state index contributed by atoms with van der Waals surface area (Å²) in [7, 11) is 2.79. The van der Waals surface area contributed by atoms with E-state index in [2.05, 4.69) is 25.9 Å². The number of benzene rings is 2. The van der Waals surface area contributed by atoms with Crippen molar-refractivity contribution in [1.82, 2.24) is 14.9 Å². The van der Waals surface area contributed by atoms with Gasteiger partial charge in [-0.1, -0.05) is 12.1 Å². The third kappa shape index (κ3) is 5.05. The molecule has 1 aromatic heterocycles. The zero-order valence-corrected chi connectivity index (χ0v) is 18.5. The molecule has 0 saturated carbocycles. The van der Waals surface area contributed by atoms with Gasteiger partial charge in [0.25, 0.3) is 11.7 Å². The van der Waals surface area contributed by atoms with Crippen molar-refractivity contribution in [2.45, 2.75) is 12.6 Å². The van der Waals surface area contributed by atoms with Crippen LogP contribution in [0.1, 0.15) is 21.5 Å². The van der Waals surface area contributed by atoms with Crippen LogP contribution in [0.25, 0.3) is 0 Å². The van der Waals surface area contributed by atoms with E-state index >= 15 is 0 Å². The molecular weight excluding hydrogens is 465 g/mol. The molecule has 2 aromatic carbocycles. The number of anilines is 5. The lowest BCUT2D eigenvalue weighted by Gasteiger charge is -2.17. The van der Waals surface area contributed by atoms with Gasteiger partial charge in [-0.15, -0.1) is 0 Å². The van der Waals surface area contributed by atoms with E-state index in [0.29, 0.717) is 17.6 Å². The predicted molar refractivity (Wildman–Crippen MR) is 122 cm³/mol. The first-order chi connectivity index (χ1) is 16.5. The fourth-order valence-electron chi connectivity index (χ4n) is 3.42. The van der Waals surface area contributed by atoms with Crippen LogP contribution in [0.5, 0.6) is 0 Å². The highest BCUT2D eigenvalue weighted by Crippen LogP contribution is 2.36. The zero-order valence-electron chi connectivity index (χ0n) is 18.5. The number of nitrogens with one attached hydrogen (secondary N) is 3. The van der Waals surface area contributed by atoms with Gasteiger partial charge in [0, 0.05) is 31.7 Å². The summed E-state index contributed by atoms with van der Waals surface area (Å²) in [6.45, 7) is 0. The Hall–Kier alpha value is -4.48. The molecule has 0 bridgehead atoms. The third-order valence-electron chi connectivity index (χ3n) is 5.11. The van der Waals surface area contributed by atoms with Crippen molar-refractivity contribution in [2.24, 2.45) is 0 Å². The minimum absolute atomic E-state index is 0.0232. The Bertz CT molecular complexity index is 1340. The van der Waals surface area contributed by atoms with Gasteiger partial charge in [0.2, 0.25) is 11.9 Å². The van der Waals surface area contributed by atoms with Crippen LogP contribution in [0.2, 0.25) is 0 Å². The van der Waals surface area contributed by atoms with Crippen LogP contribution in [-0.2, 0) is 22.2 Å². The molecule has 0 spiro atoms. The average Bonchev–Trinajstić information content (AvgIpc) is 3.17. The van der Waals surface area contributed by atoms with Gasteiger partial charge in [-0.25, -0.2) is 4.98 Å². The molecule has 2 amide bonds. The van der Waals surface area contributed by atoms with Crippen LogP contribution in [0.3, 0.4) is 0 Å². The molecule has 0 aliphatic carbocycles. The van der Waals surface area contributed by atoms with Crippen molar-refractivity contribution >= 4 is 46.4 Å². The molecule has 4 rings (SSSR count). The summed E-state index contributed by atoms with van der Waals surface area (Å²) in [5.74, 6) is -2.63. The summed E-state index contributed by atoms with van der Waals surface area (Å²) < 4.78 is 41.0. The van der Waals surface area contributed by atoms with E-state index in [-0.39, 0.29) is 29.5 Å². The molecule has 0 radical (unpaired) electrons. The summed E-state index contributed by atoms with van der Waals surface area (Å²) in [5, 5.41) is 8.06. The number of Topliss-reactive ketones (excluding diaryl/α,β-unsaturated/α-hetero) is 1. The first kappa shape index (κ1) is 23.7. The lowest BCUT2D eigenvalue weighted by molar-refractivity contribution is -0.137. The van der Waals surface area contributed by atoms with Crippen molar-refractivity contribution in [2.75, 3.05) is 30.0 Å². The second kappa shape index (κ2) is 9.05. The fourth-order valence-corrected chi connectivity index (χ4v) is 3.42. The van der Waals surface area contributed by atoms with E-state index in [1.807, 2.05) is 0 Å². The maximum atomic E-state index is 13.7. The van der Waals surface area contributed by atoms with Crippen molar-refractivity contribution < 1.29 is 27.6 Å². The largest absolute Gasteiger partial charge is 0.421 e. The minimum Gasteiger partial charge on any atom is -0.342 e. The Morgan fingerprint density at radius 1 is 1.09 bits per heavy atom. The SMILES string of the molecule is CN(C)C(=O)C(=O)c1ccccc1Nc1nc(Nc2ccc3c(c2)CC(=O)N3)ncc1C(F)(F)F. The van der Waals surface area contributed by atoms with Crippen LogP contribution in [-0.4, -0.2) is 46.6 Å². The van der Waals surface area contributed by atoms with Gasteiger partial charge in [0.05, 0.1) is 17.7 Å². The van der Waals surface area contributed by atoms with E-state index in [4.69, 9.17) is 0 Å². The second-order valence-electron chi connectivity index (χ2n) is 7.87. The first-order valence-electron chi connectivity index (χ1n) is 10.3. The summed E-state index contributed by atoms with van der Waals surface area (Å²) in [6.07, 6.45) is -3.99. The van der Waals surface area contributed by atoms with E-state index < -0.39 is 29.2 Å². The Labute approximate surface area is 197 Å². The maximum absolute atomic E-state index is 13.7. The van der Waals surface area contributed by atoms with Crippen molar-refractivity contribution in [3.63, 3.8) is 0 Å². The van der Waals surface area contributed by atoms with Crippen molar-refractivity contribution in [3.05, 3.63) is 65.4 Å². The van der Waals surface area contributed by atoms with E-state index in [9.17, 15) is 27.6 Å². The highest BCUT2D eigenvalue weighted by Gasteiger charge is 2.36. The number of hydrogen-bond donors (Lipinski definition) is 3. The van der Waals surface area contributed by atoms with Crippen LogP contribution < -0.4 is 16.0 Å². The molecule has 0 atom stereocenters. The Morgan fingerprint density at radius 2 is 1.83 bits per heavy atom. The lowest BCUT2D eigenvalue weighted by Crippen LogP contribution is -2.30. The average molecular weight is 484 g/mol. The highest BCUT2D eigenvalue weighted by molar-refractivity contribution is 6.43. The number of para-hydroxylation sites is 1. The lowest BCUT2D eigenvalue weighted by atomic mass is 10.1. The van der Waals surface area contributed by atoms with Gasteiger partial charge in [-0.05, 0) is 35.9 Å². The quantitative estimate of drug-likeness (QED) is 0.361. The van der Waals surface area contributed by atoms with Crippen LogP contribution >= 0.6 is 0 Å². The molecule has 35 heavy (non-hydrogen) atoms. The standard InChI is InChI=1S/C23H19F3N6O3/c1-32(2)21(35)19(34)14-5-3-4-6-17(14)30-20-15(23(24,25)26)11-27-22(31-20)28-13-7-8-16-12(9-13)10-18(33)29-16/h3-9,11H,10H2,1-2H3,(H,29,33)(H2,27,28,30,31). The van der Waals surface area contributed by atoms with Gasteiger partial charge in [-0.3, -0.25) is 14.4 Å². The molecular formula is C23H19F3N6O3. The number of likely N-dealkylation sites (N-methyl/N-ethyl adjacent to an activating group) is 1. The molecule has 1 aliphatic heterocycles. The number of aromatic nitrogens is 2. The smallest absolute Gasteiger partial charge is 0.342 e. The number of hydrogen-bond acceptors (Lipinski definition) is 7. The van der Waals surface area contributed by atoms with Gasteiger partial charge >= 0.3 is 6.18 Å². The zero-order chi connectivity index (χ0) is 25.3. The predicted octanol–water partition coefficient (Wildman–Crippen LogP) is 3.75. The molecule has 2 heterocycles. The monoisotopic (exact) mass is 484 g/mol. The number of nitrogens with zero attached hydrogens (tertiary/aromatic N) is 3. The van der Waals surface area contributed by atoms with Gasteiger partial charge < -0.3 is 20.9 Å². The molecule has 12 heteroatoms. The second-order valence-corrected chi connectivity index (χ2v) is 7.87. The summed E-state index contributed by atoms with van der Waals surface area (Å²) in [4.78, 5) is 45.1. The van der Waals surface area contributed by atoms with Gasteiger partial charge in [-0.2, -0.15) is 18.2 Å². The molecule has 0 saturated heterocycles. The van der Waals surface area contributed by atoms with Crippen molar-refractivity contribution in [1.29, 1.82) is 0 Å². The molecule has 180 valence electrons. The molecule has 3 aromatic rings. The molecule has 1 aliphatic rings. The number of alkyl halides is 3. The van der Waals surface area contributed by atoms with E-state index in [1.54, 1.807) is 18.2 Å². The number of carbonyl (C=O) groups is 3.